The summed E-state index contributed by atoms with van der Waals surface area (Å²) in [6, 6.07) is 3.88. The standard InChI is InChI=1S/C16H23ClN2O/c1-11(2)14-9-13(10-15(17)18-14)16(20)19-8-6-4-5-7-12(19)3/h9-12H,4-8H2,1-3H3. The summed E-state index contributed by atoms with van der Waals surface area (Å²) in [6.45, 7) is 7.09. The topological polar surface area (TPSA) is 33.2 Å². The van der Waals surface area contributed by atoms with Gasteiger partial charge in [0.05, 0.1) is 0 Å². The Morgan fingerprint density at radius 1 is 1.35 bits per heavy atom. The van der Waals surface area contributed by atoms with Gasteiger partial charge in [-0.25, -0.2) is 4.98 Å². The van der Waals surface area contributed by atoms with E-state index in [9.17, 15) is 4.79 Å². The van der Waals surface area contributed by atoms with E-state index in [0.29, 0.717) is 16.8 Å². The van der Waals surface area contributed by atoms with Gasteiger partial charge in [-0.2, -0.15) is 0 Å². The lowest BCUT2D eigenvalue weighted by molar-refractivity contribution is 0.0697. The number of hydrogen-bond acceptors (Lipinski definition) is 2. The summed E-state index contributed by atoms with van der Waals surface area (Å²) < 4.78 is 0. The molecule has 110 valence electrons. The van der Waals surface area contributed by atoms with E-state index in [0.717, 1.165) is 25.1 Å². The summed E-state index contributed by atoms with van der Waals surface area (Å²) in [7, 11) is 0. The number of aromatic nitrogens is 1. The lowest BCUT2D eigenvalue weighted by Crippen LogP contribution is -2.38. The van der Waals surface area contributed by atoms with Crippen molar-refractivity contribution in [1.29, 1.82) is 0 Å². The zero-order valence-corrected chi connectivity index (χ0v) is 13.3. The van der Waals surface area contributed by atoms with Gasteiger partial charge in [0.25, 0.3) is 5.91 Å². The smallest absolute Gasteiger partial charge is 0.254 e. The Bertz CT molecular complexity index is 487. The van der Waals surface area contributed by atoms with Gasteiger partial charge in [0.2, 0.25) is 0 Å². The fraction of sp³-hybridized carbons (Fsp3) is 0.625. The van der Waals surface area contributed by atoms with Gasteiger partial charge in [-0.1, -0.05) is 38.3 Å². The molecule has 1 saturated heterocycles. The molecule has 0 aliphatic carbocycles. The van der Waals surface area contributed by atoms with Crippen LogP contribution < -0.4 is 0 Å². The lowest BCUT2D eigenvalue weighted by atomic mass is 10.1. The maximum absolute atomic E-state index is 12.7. The highest BCUT2D eigenvalue weighted by Crippen LogP contribution is 2.22. The molecule has 0 aromatic carbocycles. The van der Waals surface area contributed by atoms with E-state index in [1.165, 1.54) is 12.8 Å². The molecule has 1 aromatic rings. The predicted octanol–water partition coefficient (Wildman–Crippen LogP) is 4.26. The third-order valence-electron chi connectivity index (χ3n) is 3.97. The summed E-state index contributed by atoms with van der Waals surface area (Å²) in [4.78, 5) is 19.0. The molecule has 1 aromatic heterocycles. The fourth-order valence-corrected chi connectivity index (χ4v) is 2.89. The molecule has 0 radical (unpaired) electrons. The van der Waals surface area contributed by atoms with Crippen LogP contribution in [0.1, 0.15) is 68.4 Å². The average molecular weight is 295 g/mol. The Morgan fingerprint density at radius 3 is 2.80 bits per heavy atom. The first kappa shape index (κ1) is 15.3. The molecule has 20 heavy (non-hydrogen) atoms. The Hall–Kier alpha value is -1.09. The van der Waals surface area contributed by atoms with Gasteiger partial charge >= 0.3 is 0 Å². The molecule has 1 aliphatic rings. The number of pyridine rings is 1. The van der Waals surface area contributed by atoms with Crippen molar-refractivity contribution >= 4 is 17.5 Å². The zero-order chi connectivity index (χ0) is 14.7. The van der Waals surface area contributed by atoms with Crippen molar-refractivity contribution < 1.29 is 4.79 Å². The van der Waals surface area contributed by atoms with E-state index < -0.39 is 0 Å². The Morgan fingerprint density at radius 2 is 2.10 bits per heavy atom. The van der Waals surface area contributed by atoms with Gasteiger partial charge in [-0.15, -0.1) is 0 Å². The number of likely N-dealkylation sites (tertiary alicyclic amines) is 1. The Labute approximate surface area is 126 Å². The third kappa shape index (κ3) is 3.51. The Balaban J connectivity index is 2.27. The van der Waals surface area contributed by atoms with E-state index in [-0.39, 0.29) is 11.8 Å². The van der Waals surface area contributed by atoms with Gasteiger partial charge in [-0.3, -0.25) is 4.79 Å². The van der Waals surface area contributed by atoms with Crippen LogP contribution in [0, 0.1) is 0 Å². The predicted molar refractivity (Wildman–Crippen MR) is 82.3 cm³/mol. The minimum absolute atomic E-state index is 0.0885. The van der Waals surface area contributed by atoms with Gasteiger partial charge in [0.1, 0.15) is 5.15 Å². The molecule has 0 N–H and O–H groups in total. The van der Waals surface area contributed by atoms with Crippen molar-refractivity contribution in [3.8, 4) is 0 Å². The van der Waals surface area contributed by atoms with Gasteiger partial charge < -0.3 is 4.90 Å². The third-order valence-corrected chi connectivity index (χ3v) is 4.16. The number of amides is 1. The summed E-state index contributed by atoms with van der Waals surface area (Å²) in [5, 5.41) is 0.405. The van der Waals surface area contributed by atoms with E-state index in [1.54, 1.807) is 6.07 Å². The molecule has 1 atom stereocenters. The number of carbonyl (C=O) groups is 1. The molecule has 3 nitrogen and oxygen atoms in total. The van der Waals surface area contributed by atoms with E-state index in [2.05, 4.69) is 25.8 Å². The van der Waals surface area contributed by atoms with Crippen molar-refractivity contribution in [2.75, 3.05) is 6.54 Å². The molecule has 1 fully saturated rings. The molecule has 0 saturated carbocycles. The number of nitrogens with zero attached hydrogens (tertiary/aromatic N) is 2. The van der Waals surface area contributed by atoms with Crippen LogP contribution in [0.4, 0.5) is 0 Å². The summed E-state index contributed by atoms with van der Waals surface area (Å²) in [5.41, 5.74) is 1.55. The van der Waals surface area contributed by atoms with Gasteiger partial charge in [0, 0.05) is 23.8 Å². The minimum atomic E-state index is 0.0885. The number of halogens is 1. The van der Waals surface area contributed by atoms with Crippen molar-refractivity contribution in [2.24, 2.45) is 0 Å². The van der Waals surface area contributed by atoms with Crippen LogP contribution in [0.25, 0.3) is 0 Å². The number of rotatable bonds is 2. The minimum Gasteiger partial charge on any atom is -0.336 e. The second-order valence-electron chi connectivity index (χ2n) is 5.96. The molecule has 0 spiro atoms. The SMILES string of the molecule is CC(C)c1cc(C(=O)N2CCCCCC2C)cc(Cl)n1. The van der Waals surface area contributed by atoms with Crippen LogP contribution in [0.5, 0.6) is 0 Å². The first-order valence-electron chi connectivity index (χ1n) is 7.47. The summed E-state index contributed by atoms with van der Waals surface area (Å²) in [6.07, 6.45) is 4.59. The molecule has 1 amide bonds. The molecule has 2 rings (SSSR count). The van der Waals surface area contributed by atoms with Gasteiger partial charge in [0.15, 0.2) is 0 Å². The fourth-order valence-electron chi connectivity index (χ4n) is 2.68. The van der Waals surface area contributed by atoms with Gasteiger partial charge in [-0.05, 0) is 37.8 Å². The van der Waals surface area contributed by atoms with E-state index in [1.807, 2.05) is 11.0 Å². The lowest BCUT2D eigenvalue weighted by Gasteiger charge is -2.27. The van der Waals surface area contributed by atoms with E-state index in [4.69, 9.17) is 11.6 Å². The number of carbonyl (C=O) groups excluding carboxylic acids is 1. The largest absolute Gasteiger partial charge is 0.336 e. The van der Waals surface area contributed by atoms with Crippen molar-refractivity contribution in [1.82, 2.24) is 9.88 Å². The second-order valence-corrected chi connectivity index (χ2v) is 6.34. The van der Waals surface area contributed by atoms with Crippen molar-refractivity contribution in [3.05, 3.63) is 28.5 Å². The molecule has 4 heteroatoms. The second kappa shape index (κ2) is 6.57. The highest BCUT2D eigenvalue weighted by atomic mass is 35.5. The van der Waals surface area contributed by atoms with Crippen LogP contribution in [-0.2, 0) is 0 Å². The monoisotopic (exact) mass is 294 g/mol. The maximum Gasteiger partial charge on any atom is 0.254 e. The first-order chi connectivity index (χ1) is 9.49. The van der Waals surface area contributed by atoms with Crippen molar-refractivity contribution in [2.45, 2.75) is 58.4 Å². The highest BCUT2D eigenvalue weighted by Gasteiger charge is 2.24. The zero-order valence-electron chi connectivity index (χ0n) is 12.5. The quantitative estimate of drug-likeness (QED) is 0.764. The van der Waals surface area contributed by atoms with Crippen LogP contribution in [-0.4, -0.2) is 28.4 Å². The summed E-state index contributed by atoms with van der Waals surface area (Å²) in [5.74, 6) is 0.354. The first-order valence-corrected chi connectivity index (χ1v) is 7.85. The van der Waals surface area contributed by atoms with Crippen LogP contribution >= 0.6 is 11.6 Å². The van der Waals surface area contributed by atoms with Crippen LogP contribution in [0.3, 0.4) is 0 Å². The number of hydrogen-bond donors (Lipinski definition) is 0. The Kier molecular flexibility index (Phi) is 5.03. The molecular formula is C16H23ClN2O. The molecular weight excluding hydrogens is 272 g/mol. The molecule has 2 heterocycles. The van der Waals surface area contributed by atoms with Crippen LogP contribution in [0.15, 0.2) is 12.1 Å². The van der Waals surface area contributed by atoms with Crippen molar-refractivity contribution in [3.63, 3.8) is 0 Å². The molecule has 1 aliphatic heterocycles. The van der Waals surface area contributed by atoms with E-state index >= 15 is 0 Å². The molecule has 0 bridgehead atoms. The highest BCUT2D eigenvalue weighted by molar-refractivity contribution is 6.29. The maximum atomic E-state index is 12.7. The van der Waals surface area contributed by atoms with Crippen LogP contribution in [0.2, 0.25) is 5.15 Å². The summed E-state index contributed by atoms with van der Waals surface area (Å²) >= 11 is 6.06. The normalized spacial score (nSPS) is 20.1. The average Bonchev–Trinajstić information content (AvgIpc) is 2.62. The molecule has 1 unspecified atom stereocenters.